The van der Waals surface area contributed by atoms with Crippen molar-refractivity contribution in [3.63, 3.8) is 0 Å². The fraction of sp³-hybridized carbons (Fsp3) is 0.143. The first-order chi connectivity index (χ1) is 4.31. The lowest BCUT2D eigenvalue weighted by molar-refractivity contribution is -0.126. The predicted octanol–water partition coefficient (Wildman–Crippen LogP) is 0.887. The fourth-order valence-corrected chi connectivity index (χ4v) is 0.320. The maximum atomic E-state index is 10.2. The highest BCUT2D eigenvalue weighted by molar-refractivity contribution is 6.30. The number of hydrogen-bond donors (Lipinski definition) is 0. The molecule has 0 spiro atoms. The summed E-state index contributed by atoms with van der Waals surface area (Å²) in [4.78, 5) is 19.9. The molecule has 0 amide bonds. The summed E-state index contributed by atoms with van der Waals surface area (Å²) < 4.78 is 0. The van der Waals surface area contributed by atoms with Gasteiger partial charge in [-0.1, -0.05) is 12.2 Å². The zero-order valence-corrected chi connectivity index (χ0v) is 5.04. The van der Waals surface area contributed by atoms with Gasteiger partial charge in [-0.3, -0.25) is 9.59 Å². The van der Waals surface area contributed by atoms with E-state index in [-0.39, 0.29) is 6.29 Å². The maximum absolute atomic E-state index is 10.2. The zero-order chi connectivity index (χ0) is 7.11. The van der Waals surface area contributed by atoms with Crippen molar-refractivity contribution in [2.75, 3.05) is 0 Å². The van der Waals surface area contributed by atoms with Gasteiger partial charge in [0.15, 0.2) is 6.29 Å². The number of hydrogen-bond acceptors (Lipinski definition) is 2. The van der Waals surface area contributed by atoms with E-state index in [1.54, 1.807) is 12.2 Å². The summed E-state index contributed by atoms with van der Waals surface area (Å²) in [6, 6.07) is 0. The first-order valence-electron chi connectivity index (χ1n) is 2.58. The molecular formula is C7H8O2. The normalized spacial score (nSPS) is 9.33. The summed E-state index contributed by atoms with van der Waals surface area (Å²) in [6.45, 7) is 3.43. The Labute approximate surface area is 53.9 Å². The van der Waals surface area contributed by atoms with Gasteiger partial charge in [0.25, 0.3) is 0 Å². The molecule has 0 bridgehead atoms. The van der Waals surface area contributed by atoms with Crippen molar-refractivity contribution in [2.45, 2.75) is 6.42 Å². The molecule has 0 unspecified atom stereocenters. The Hall–Kier alpha value is -1.18. The number of carbonyl (C=O) groups excluding carboxylic acids is 2. The van der Waals surface area contributed by atoms with E-state index in [0.29, 0.717) is 6.42 Å². The minimum atomic E-state index is -0.503. The van der Waals surface area contributed by atoms with Crippen LogP contribution in [0.5, 0.6) is 0 Å². The molecule has 0 aromatic carbocycles. The Balaban J connectivity index is 3.56. The van der Waals surface area contributed by atoms with E-state index in [4.69, 9.17) is 0 Å². The highest BCUT2D eigenvalue weighted by atomic mass is 16.2. The summed E-state index contributed by atoms with van der Waals surface area (Å²) in [5.74, 6) is -0.503. The summed E-state index contributed by atoms with van der Waals surface area (Å²) in [6.07, 6.45) is 5.37. The van der Waals surface area contributed by atoms with E-state index < -0.39 is 5.78 Å². The zero-order valence-electron chi connectivity index (χ0n) is 5.04. The summed E-state index contributed by atoms with van der Waals surface area (Å²) >= 11 is 0. The highest BCUT2D eigenvalue weighted by Crippen LogP contribution is 1.81. The summed E-state index contributed by atoms with van der Waals surface area (Å²) in [5.41, 5.74) is 0. The topological polar surface area (TPSA) is 34.1 Å². The Bertz CT molecular complexity index is 145. The van der Waals surface area contributed by atoms with Crippen LogP contribution in [0.1, 0.15) is 6.42 Å². The van der Waals surface area contributed by atoms with Crippen molar-refractivity contribution in [1.82, 2.24) is 0 Å². The van der Waals surface area contributed by atoms with E-state index in [0.717, 1.165) is 0 Å². The second kappa shape index (κ2) is 4.97. The first kappa shape index (κ1) is 7.82. The number of carbonyl (C=O) groups is 2. The van der Waals surface area contributed by atoms with Crippen molar-refractivity contribution >= 4 is 12.1 Å². The fourth-order valence-electron chi connectivity index (χ4n) is 0.320. The van der Waals surface area contributed by atoms with Gasteiger partial charge in [-0.15, -0.1) is 6.58 Å². The third-order valence-corrected chi connectivity index (χ3v) is 0.701. The quantitative estimate of drug-likeness (QED) is 0.241. The molecule has 0 saturated heterocycles. The van der Waals surface area contributed by atoms with E-state index >= 15 is 0 Å². The smallest absolute Gasteiger partial charge is 0.217 e. The van der Waals surface area contributed by atoms with Gasteiger partial charge in [-0.05, 0) is 12.5 Å². The van der Waals surface area contributed by atoms with E-state index in [1.165, 1.54) is 6.08 Å². The van der Waals surface area contributed by atoms with Gasteiger partial charge in [0.1, 0.15) is 0 Å². The van der Waals surface area contributed by atoms with Crippen LogP contribution in [0, 0.1) is 0 Å². The Morgan fingerprint density at radius 1 is 1.56 bits per heavy atom. The molecule has 48 valence electrons. The van der Waals surface area contributed by atoms with Crippen LogP contribution in [0.25, 0.3) is 0 Å². The minimum Gasteiger partial charge on any atom is -0.294 e. The van der Waals surface area contributed by atoms with Crippen LogP contribution < -0.4 is 0 Å². The monoisotopic (exact) mass is 124 g/mol. The third kappa shape index (κ3) is 4.68. The number of ketones is 1. The number of aldehydes is 1. The lowest BCUT2D eigenvalue weighted by Gasteiger charge is -1.75. The molecule has 0 aliphatic heterocycles. The molecular weight excluding hydrogens is 116 g/mol. The Kier molecular flexibility index (Phi) is 4.32. The van der Waals surface area contributed by atoms with E-state index in [2.05, 4.69) is 6.58 Å². The van der Waals surface area contributed by atoms with Gasteiger partial charge >= 0.3 is 0 Å². The molecule has 0 aromatic heterocycles. The number of allylic oxidation sites excluding steroid dienone is 3. The van der Waals surface area contributed by atoms with Crippen LogP contribution in [0.4, 0.5) is 0 Å². The molecule has 2 heteroatoms. The molecule has 0 aromatic rings. The summed E-state index contributed by atoms with van der Waals surface area (Å²) in [5, 5.41) is 0. The molecule has 0 N–H and O–H groups in total. The Morgan fingerprint density at radius 3 is 2.67 bits per heavy atom. The van der Waals surface area contributed by atoms with Gasteiger partial charge < -0.3 is 0 Å². The average molecular weight is 124 g/mol. The van der Waals surface area contributed by atoms with Crippen LogP contribution in [-0.2, 0) is 9.59 Å². The lowest BCUT2D eigenvalue weighted by Crippen LogP contribution is -1.90. The average Bonchev–Trinajstić information content (AvgIpc) is 1.89. The van der Waals surface area contributed by atoms with Crippen molar-refractivity contribution in [1.29, 1.82) is 0 Å². The molecule has 0 aliphatic carbocycles. The summed E-state index contributed by atoms with van der Waals surface area (Å²) in [7, 11) is 0. The van der Waals surface area contributed by atoms with Crippen LogP contribution in [-0.4, -0.2) is 12.1 Å². The van der Waals surface area contributed by atoms with Gasteiger partial charge in [0.05, 0.1) is 0 Å². The molecule has 2 nitrogen and oxygen atoms in total. The molecule has 0 aliphatic rings. The van der Waals surface area contributed by atoms with Gasteiger partial charge in [0.2, 0.25) is 5.78 Å². The van der Waals surface area contributed by atoms with E-state index in [1.807, 2.05) is 0 Å². The predicted molar refractivity (Wildman–Crippen MR) is 35.0 cm³/mol. The second-order valence-corrected chi connectivity index (χ2v) is 1.45. The van der Waals surface area contributed by atoms with Crippen LogP contribution >= 0.6 is 0 Å². The van der Waals surface area contributed by atoms with Gasteiger partial charge in [0, 0.05) is 0 Å². The third-order valence-electron chi connectivity index (χ3n) is 0.701. The van der Waals surface area contributed by atoms with Crippen LogP contribution in [0.15, 0.2) is 24.8 Å². The molecule has 9 heavy (non-hydrogen) atoms. The first-order valence-corrected chi connectivity index (χ1v) is 2.58. The molecule has 0 rings (SSSR count). The molecule has 0 atom stereocenters. The minimum absolute atomic E-state index is 0.277. The number of rotatable bonds is 4. The van der Waals surface area contributed by atoms with Gasteiger partial charge in [-0.25, -0.2) is 0 Å². The SMILES string of the molecule is C=CCC=CC(=O)C=O. The van der Waals surface area contributed by atoms with Crippen molar-refractivity contribution in [3.8, 4) is 0 Å². The van der Waals surface area contributed by atoms with Crippen LogP contribution in [0.2, 0.25) is 0 Å². The van der Waals surface area contributed by atoms with Crippen molar-refractivity contribution in [2.24, 2.45) is 0 Å². The molecule has 0 saturated carbocycles. The standard InChI is InChI=1S/C7H8O2/c1-2-3-4-5-7(9)6-8/h2,4-6H,1,3H2. The largest absolute Gasteiger partial charge is 0.294 e. The van der Waals surface area contributed by atoms with Gasteiger partial charge in [-0.2, -0.15) is 0 Å². The lowest BCUT2D eigenvalue weighted by atomic mass is 10.3. The molecule has 0 radical (unpaired) electrons. The molecule has 0 fully saturated rings. The van der Waals surface area contributed by atoms with E-state index in [9.17, 15) is 9.59 Å². The maximum Gasteiger partial charge on any atom is 0.217 e. The second-order valence-electron chi connectivity index (χ2n) is 1.45. The highest BCUT2D eigenvalue weighted by Gasteiger charge is 1.85. The Morgan fingerprint density at radius 2 is 2.22 bits per heavy atom. The van der Waals surface area contributed by atoms with Crippen molar-refractivity contribution in [3.05, 3.63) is 24.8 Å². The van der Waals surface area contributed by atoms with Crippen LogP contribution in [0.3, 0.4) is 0 Å². The molecule has 0 heterocycles. The van der Waals surface area contributed by atoms with Crippen molar-refractivity contribution < 1.29 is 9.59 Å².